The van der Waals surface area contributed by atoms with Crippen molar-refractivity contribution in [3.8, 4) is 0 Å². The number of aromatic nitrogens is 1. The van der Waals surface area contributed by atoms with Crippen LogP contribution in [0.25, 0.3) is 10.2 Å². The number of rotatable bonds is 7. The van der Waals surface area contributed by atoms with Gasteiger partial charge in [0.25, 0.3) is 0 Å². The molecule has 6 heteroatoms. The van der Waals surface area contributed by atoms with Gasteiger partial charge in [0.2, 0.25) is 5.91 Å². The molecule has 1 amide bonds. The van der Waals surface area contributed by atoms with Gasteiger partial charge in [0, 0.05) is 0 Å². The van der Waals surface area contributed by atoms with Crippen molar-refractivity contribution in [2.45, 2.75) is 39.7 Å². The summed E-state index contributed by atoms with van der Waals surface area (Å²) in [4.78, 5) is 28.3. The highest BCUT2D eigenvalue weighted by Gasteiger charge is 2.16. The second kappa shape index (κ2) is 7.66. The Kier molecular flexibility index (Phi) is 5.85. The van der Waals surface area contributed by atoms with E-state index in [0.717, 1.165) is 15.2 Å². The normalized spacial score (nSPS) is 12.6. The molecule has 0 saturated heterocycles. The first-order valence-electron chi connectivity index (χ1n) is 7.76. The summed E-state index contributed by atoms with van der Waals surface area (Å²) in [5, 5.41) is 3.39. The molecule has 23 heavy (non-hydrogen) atoms. The maximum atomic E-state index is 12.0. The topological polar surface area (TPSA) is 85.1 Å². The first kappa shape index (κ1) is 17.6. The van der Waals surface area contributed by atoms with Gasteiger partial charge in [0.05, 0.1) is 29.2 Å². The van der Waals surface area contributed by atoms with Crippen molar-refractivity contribution in [1.29, 1.82) is 0 Å². The third-order valence-electron chi connectivity index (χ3n) is 3.46. The van der Waals surface area contributed by atoms with Crippen molar-refractivity contribution >= 4 is 33.2 Å². The summed E-state index contributed by atoms with van der Waals surface area (Å²) in [5.41, 5.74) is 7.87. The first-order valence-corrected chi connectivity index (χ1v) is 8.58. The van der Waals surface area contributed by atoms with Gasteiger partial charge < -0.3 is 11.1 Å². The van der Waals surface area contributed by atoms with Crippen LogP contribution in [0.4, 0.5) is 0 Å². The predicted molar refractivity (Wildman–Crippen MR) is 93.5 cm³/mol. The number of nitrogens with zero attached hydrogens (tertiary/aromatic N) is 1. The highest BCUT2D eigenvalue weighted by atomic mass is 32.1. The van der Waals surface area contributed by atoms with Crippen LogP contribution in [0.5, 0.6) is 0 Å². The second-order valence-corrected chi connectivity index (χ2v) is 7.36. The van der Waals surface area contributed by atoms with Crippen molar-refractivity contribution < 1.29 is 9.59 Å². The Morgan fingerprint density at radius 2 is 2.09 bits per heavy atom. The van der Waals surface area contributed by atoms with Crippen LogP contribution in [0, 0.1) is 12.8 Å². The lowest BCUT2D eigenvalue weighted by Gasteiger charge is -2.13. The van der Waals surface area contributed by atoms with E-state index in [1.807, 2.05) is 32.9 Å². The molecular weight excluding hydrogens is 310 g/mol. The summed E-state index contributed by atoms with van der Waals surface area (Å²) in [5.74, 6) is 0.00973. The van der Waals surface area contributed by atoms with E-state index in [9.17, 15) is 9.59 Å². The fourth-order valence-electron chi connectivity index (χ4n) is 2.32. The van der Waals surface area contributed by atoms with Crippen LogP contribution < -0.4 is 11.1 Å². The Hall–Kier alpha value is -1.79. The zero-order valence-electron chi connectivity index (χ0n) is 13.8. The number of hydrogen-bond donors (Lipinski definition) is 2. The number of amides is 1. The molecule has 3 N–H and O–H groups in total. The molecule has 5 nitrogen and oxygen atoms in total. The smallest absolute Gasteiger partial charge is 0.237 e. The molecule has 0 aliphatic rings. The number of nitrogens with two attached hydrogens (primary N) is 1. The van der Waals surface area contributed by atoms with E-state index in [2.05, 4.69) is 16.4 Å². The largest absolute Gasteiger partial charge is 0.348 e. The quantitative estimate of drug-likeness (QED) is 0.813. The lowest BCUT2D eigenvalue weighted by Crippen LogP contribution is -2.43. The number of benzene rings is 1. The van der Waals surface area contributed by atoms with Crippen LogP contribution in [-0.2, 0) is 16.0 Å². The number of nitrogens with one attached hydrogen (secondary N) is 1. The molecule has 0 aliphatic heterocycles. The van der Waals surface area contributed by atoms with Gasteiger partial charge >= 0.3 is 0 Å². The molecule has 0 saturated carbocycles. The second-order valence-electron chi connectivity index (χ2n) is 6.25. The number of carbonyl (C=O) groups excluding carboxylic acids is 2. The van der Waals surface area contributed by atoms with Crippen LogP contribution in [0.3, 0.4) is 0 Å². The number of thiazole rings is 1. The fourth-order valence-corrected chi connectivity index (χ4v) is 3.41. The minimum Gasteiger partial charge on any atom is -0.348 e. The molecule has 1 aromatic heterocycles. The highest BCUT2D eigenvalue weighted by molar-refractivity contribution is 7.18. The van der Waals surface area contributed by atoms with E-state index in [1.54, 1.807) is 0 Å². The molecule has 2 aromatic rings. The van der Waals surface area contributed by atoms with Crippen molar-refractivity contribution in [3.63, 3.8) is 0 Å². The predicted octanol–water partition coefficient (Wildman–Crippen LogP) is 2.21. The minimum absolute atomic E-state index is 0.000415. The fraction of sp³-hybridized carbons (Fsp3) is 0.471. The van der Waals surface area contributed by atoms with Crippen LogP contribution in [0.1, 0.15) is 30.8 Å². The maximum absolute atomic E-state index is 12.0. The molecule has 0 radical (unpaired) electrons. The Bertz CT molecular complexity index is 709. The minimum atomic E-state index is -0.562. The Morgan fingerprint density at radius 3 is 2.78 bits per heavy atom. The lowest BCUT2D eigenvalue weighted by atomic mass is 10.0. The van der Waals surface area contributed by atoms with Gasteiger partial charge in [-0.15, -0.1) is 11.3 Å². The van der Waals surface area contributed by atoms with Gasteiger partial charge in [-0.1, -0.05) is 19.9 Å². The average Bonchev–Trinajstić information content (AvgIpc) is 2.85. The molecule has 2 rings (SSSR count). The van der Waals surface area contributed by atoms with Gasteiger partial charge in [-0.05, 0) is 37.0 Å². The average molecular weight is 333 g/mol. The van der Waals surface area contributed by atoms with E-state index in [0.29, 0.717) is 12.3 Å². The molecule has 1 atom stereocenters. The third-order valence-corrected chi connectivity index (χ3v) is 4.48. The van der Waals surface area contributed by atoms with Crippen molar-refractivity contribution in [2.75, 3.05) is 6.54 Å². The summed E-state index contributed by atoms with van der Waals surface area (Å²) in [7, 11) is 0. The monoisotopic (exact) mass is 333 g/mol. The maximum Gasteiger partial charge on any atom is 0.237 e. The van der Waals surface area contributed by atoms with Gasteiger partial charge in [0.15, 0.2) is 5.78 Å². The van der Waals surface area contributed by atoms with Gasteiger partial charge in [-0.2, -0.15) is 0 Å². The van der Waals surface area contributed by atoms with E-state index in [-0.39, 0.29) is 24.7 Å². The third kappa shape index (κ3) is 5.11. The lowest BCUT2D eigenvalue weighted by molar-refractivity contribution is -0.126. The summed E-state index contributed by atoms with van der Waals surface area (Å²) in [6.07, 6.45) is 0.843. The van der Waals surface area contributed by atoms with Gasteiger partial charge in [-0.25, -0.2) is 4.98 Å². The molecule has 1 heterocycles. The summed E-state index contributed by atoms with van der Waals surface area (Å²) in [6.45, 7) is 6.04. The standard InChI is InChI=1S/C17H23N3O2S/c1-10(2)6-13(18)17(22)19-9-12(21)8-16-20-14-5-4-11(3)7-15(14)23-16/h4-5,7,10,13H,6,8-9,18H2,1-3H3,(H,19,22)/t13-/m1/s1. The molecule has 0 aliphatic carbocycles. The van der Waals surface area contributed by atoms with Crippen LogP contribution in [0.2, 0.25) is 0 Å². The number of aryl methyl sites for hydroxylation is 1. The Morgan fingerprint density at radius 1 is 1.35 bits per heavy atom. The van der Waals surface area contributed by atoms with E-state index in [1.165, 1.54) is 16.9 Å². The van der Waals surface area contributed by atoms with E-state index in [4.69, 9.17) is 5.73 Å². The van der Waals surface area contributed by atoms with Crippen molar-refractivity contribution in [1.82, 2.24) is 10.3 Å². The van der Waals surface area contributed by atoms with Crippen molar-refractivity contribution in [3.05, 3.63) is 28.8 Å². The van der Waals surface area contributed by atoms with Crippen LogP contribution >= 0.6 is 11.3 Å². The zero-order chi connectivity index (χ0) is 17.0. The molecule has 0 unspecified atom stereocenters. The molecule has 1 aromatic carbocycles. The highest BCUT2D eigenvalue weighted by Crippen LogP contribution is 2.23. The van der Waals surface area contributed by atoms with Crippen LogP contribution in [0.15, 0.2) is 18.2 Å². The zero-order valence-corrected chi connectivity index (χ0v) is 14.6. The number of fused-ring (bicyclic) bond motifs is 1. The van der Waals surface area contributed by atoms with E-state index >= 15 is 0 Å². The van der Waals surface area contributed by atoms with Gasteiger partial charge in [0.1, 0.15) is 5.01 Å². The van der Waals surface area contributed by atoms with Crippen molar-refractivity contribution in [2.24, 2.45) is 11.7 Å². The number of Topliss-reactive ketones (excluding diaryl/α,β-unsaturated/α-hetero) is 1. The van der Waals surface area contributed by atoms with E-state index < -0.39 is 6.04 Å². The Balaban J connectivity index is 1.87. The summed E-state index contributed by atoms with van der Waals surface area (Å²) in [6, 6.07) is 5.47. The molecule has 0 fully saturated rings. The molecule has 0 bridgehead atoms. The Labute approximate surface area is 140 Å². The summed E-state index contributed by atoms with van der Waals surface area (Å²) < 4.78 is 1.08. The van der Waals surface area contributed by atoms with Gasteiger partial charge in [-0.3, -0.25) is 9.59 Å². The number of ketones is 1. The SMILES string of the molecule is Cc1ccc2nc(CC(=O)CNC(=O)[C@H](N)CC(C)C)sc2c1. The number of carbonyl (C=O) groups is 2. The molecular formula is C17H23N3O2S. The number of hydrogen-bond acceptors (Lipinski definition) is 5. The summed E-state index contributed by atoms with van der Waals surface area (Å²) >= 11 is 1.52. The molecule has 124 valence electrons. The first-order chi connectivity index (χ1) is 10.8. The molecule has 0 spiro atoms. The van der Waals surface area contributed by atoms with Crippen LogP contribution in [-0.4, -0.2) is 29.3 Å².